The van der Waals surface area contributed by atoms with Crippen molar-refractivity contribution >= 4 is 5.91 Å². The van der Waals surface area contributed by atoms with Crippen LogP contribution in [-0.4, -0.2) is 50.1 Å². The summed E-state index contributed by atoms with van der Waals surface area (Å²) >= 11 is 0. The van der Waals surface area contributed by atoms with Gasteiger partial charge >= 0.3 is 0 Å². The third kappa shape index (κ3) is 3.33. The Labute approximate surface area is 176 Å². The van der Waals surface area contributed by atoms with Gasteiger partial charge in [-0.3, -0.25) is 19.4 Å². The Morgan fingerprint density at radius 3 is 2.73 bits per heavy atom. The minimum absolute atomic E-state index is 0.129. The average Bonchev–Trinajstić information content (AvgIpc) is 3.48. The molecule has 0 N–H and O–H groups in total. The van der Waals surface area contributed by atoms with Gasteiger partial charge in [-0.15, -0.1) is 0 Å². The molecule has 2 aliphatic rings. The summed E-state index contributed by atoms with van der Waals surface area (Å²) in [5, 5.41) is 4.40. The predicted molar refractivity (Wildman–Crippen MR) is 111 cm³/mol. The van der Waals surface area contributed by atoms with E-state index in [9.17, 15) is 4.79 Å². The van der Waals surface area contributed by atoms with Gasteiger partial charge in [-0.2, -0.15) is 5.10 Å². The van der Waals surface area contributed by atoms with Crippen LogP contribution in [0.1, 0.15) is 35.6 Å². The van der Waals surface area contributed by atoms with Gasteiger partial charge in [0, 0.05) is 75.5 Å². The first kappa shape index (κ1) is 19.1. The van der Waals surface area contributed by atoms with E-state index in [4.69, 9.17) is 4.42 Å². The molecule has 3 aromatic heterocycles. The number of pyridine rings is 1. The number of likely N-dealkylation sites (tertiary alicyclic amines) is 2. The molecular formula is C23H27N5O2. The highest BCUT2D eigenvalue weighted by atomic mass is 16.3. The fraction of sp³-hybridized carbons (Fsp3) is 0.435. The molecule has 0 bridgehead atoms. The highest BCUT2D eigenvalue weighted by molar-refractivity contribution is 5.85. The minimum Gasteiger partial charge on any atom is -0.472 e. The molecule has 0 aliphatic carbocycles. The van der Waals surface area contributed by atoms with Gasteiger partial charge in [-0.25, -0.2) is 0 Å². The zero-order valence-electron chi connectivity index (χ0n) is 17.3. The summed E-state index contributed by atoms with van der Waals surface area (Å²) in [6.45, 7) is 3.86. The zero-order chi connectivity index (χ0) is 20.6. The zero-order valence-corrected chi connectivity index (χ0v) is 17.3. The van der Waals surface area contributed by atoms with Crippen molar-refractivity contribution < 1.29 is 9.21 Å². The Bertz CT molecular complexity index is 1000. The lowest BCUT2D eigenvalue weighted by Crippen LogP contribution is -2.52. The molecule has 2 aliphatic heterocycles. The van der Waals surface area contributed by atoms with E-state index >= 15 is 0 Å². The predicted octanol–water partition coefficient (Wildman–Crippen LogP) is 2.82. The molecule has 5 heterocycles. The van der Waals surface area contributed by atoms with Gasteiger partial charge in [0.1, 0.15) is 0 Å². The molecular weight excluding hydrogens is 378 g/mol. The Morgan fingerprint density at radius 1 is 1.13 bits per heavy atom. The van der Waals surface area contributed by atoms with Crippen molar-refractivity contribution in [1.82, 2.24) is 24.6 Å². The molecule has 2 saturated heterocycles. The van der Waals surface area contributed by atoms with Crippen LogP contribution in [0.25, 0.3) is 0 Å². The first-order valence-corrected chi connectivity index (χ1v) is 10.6. The van der Waals surface area contributed by atoms with Crippen molar-refractivity contribution in [3.63, 3.8) is 0 Å². The normalized spacial score (nSPS) is 24.8. The smallest absolute Gasteiger partial charge is 0.231 e. The molecule has 1 amide bonds. The maximum atomic E-state index is 14.0. The van der Waals surface area contributed by atoms with Gasteiger partial charge < -0.3 is 9.32 Å². The lowest BCUT2D eigenvalue weighted by Gasteiger charge is -2.42. The third-order valence-corrected chi connectivity index (χ3v) is 6.70. The molecule has 156 valence electrons. The molecule has 0 radical (unpaired) electrons. The number of nitrogens with zero attached hydrogens (tertiary/aromatic N) is 5. The van der Waals surface area contributed by atoms with Crippen LogP contribution in [0, 0.1) is 5.41 Å². The van der Waals surface area contributed by atoms with Crippen LogP contribution in [-0.2, 0) is 24.9 Å². The standard InChI is InChI=1S/C23H27N5O2/c1-26-21(5-10-25-26)20-15-27(13-19-6-12-30-16-19)17-23(20)7-2-11-28(22(23)29)14-18-3-8-24-9-4-18/h3-6,8-10,12,16,20H,2,7,11,13-15,17H2,1H3/t20-,23+/m0/s1. The lowest BCUT2D eigenvalue weighted by molar-refractivity contribution is -0.147. The van der Waals surface area contributed by atoms with Gasteiger partial charge in [-0.05, 0) is 42.7 Å². The van der Waals surface area contributed by atoms with Gasteiger partial charge in [0.2, 0.25) is 5.91 Å². The van der Waals surface area contributed by atoms with E-state index in [1.807, 2.05) is 41.0 Å². The summed E-state index contributed by atoms with van der Waals surface area (Å²) in [6.07, 6.45) is 10.9. The maximum absolute atomic E-state index is 14.0. The molecule has 0 aromatic carbocycles. The number of piperidine rings is 1. The second-order valence-corrected chi connectivity index (χ2v) is 8.58. The summed E-state index contributed by atoms with van der Waals surface area (Å²) in [5.41, 5.74) is 3.00. The molecule has 30 heavy (non-hydrogen) atoms. The van der Waals surface area contributed by atoms with Crippen molar-refractivity contribution in [1.29, 1.82) is 0 Å². The van der Waals surface area contributed by atoms with Crippen molar-refractivity contribution in [2.45, 2.75) is 31.8 Å². The number of aryl methyl sites for hydroxylation is 1. The van der Waals surface area contributed by atoms with Crippen LogP contribution < -0.4 is 0 Å². The van der Waals surface area contributed by atoms with Crippen molar-refractivity contribution in [2.75, 3.05) is 19.6 Å². The largest absolute Gasteiger partial charge is 0.472 e. The van der Waals surface area contributed by atoms with Crippen LogP contribution >= 0.6 is 0 Å². The number of carbonyl (C=O) groups is 1. The van der Waals surface area contributed by atoms with E-state index in [1.165, 1.54) is 0 Å². The van der Waals surface area contributed by atoms with Crippen molar-refractivity contribution in [2.24, 2.45) is 12.5 Å². The maximum Gasteiger partial charge on any atom is 0.231 e. The highest BCUT2D eigenvalue weighted by Crippen LogP contribution is 2.49. The first-order valence-electron chi connectivity index (χ1n) is 10.6. The SMILES string of the molecule is Cn1nccc1[C@@H]1CN(Cc2ccoc2)C[C@]12CCCN(Cc1ccncc1)C2=O. The first-order chi connectivity index (χ1) is 14.7. The lowest BCUT2D eigenvalue weighted by atomic mass is 9.70. The second kappa shape index (κ2) is 7.72. The summed E-state index contributed by atoms with van der Waals surface area (Å²) in [5.74, 6) is 0.399. The number of aromatic nitrogens is 3. The van der Waals surface area contributed by atoms with Gasteiger partial charge in [0.25, 0.3) is 0 Å². The molecule has 5 rings (SSSR count). The minimum atomic E-state index is -0.414. The van der Waals surface area contributed by atoms with E-state index in [1.54, 1.807) is 24.9 Å². The fourth-order valence-electron chi connectivity index (χ4n) is 5.31. The number of furan rings is 1. The van der Waals surface area contributed by atoms with Crippen LogP contribution in [0.3, 0.4) is 0 Å². The summed E-state index contributed by atoms with van der Waals surface area (Å²) < 4.78 is 7.20. The Kier molecular flexibility index (Phi) is 4.90. The second-order valence-electron chi connectivity index (χ2n) is 8.58. The Morgan fingerprint density at radius 2 is 2.00 bits per heavy atom. The molecule has 2 fully saturated rings. The van der Waals surface area contributed by atoms with E-state index in [-0.39, 0.29) is 11.8 Å². The number of hydrogen-bond acceptors (Lipinski definition) is 5. The number of amides is 1. The molecule has 3 aromatic rings. The average molecular weight is 406 g/mol. The van der Waals surface area contributed by atoms with Gasteiger partial charge in [0.15, 0.2) is 0 Å². The summed E-state index contributed by atoms with van der Waals surface area (Å²) in [4.78, 5) is 22.5. The van der Waals surface area contributed by atoms with E-state index in [0.29, 0.717) is 6.54 Å². The molecule has 2 atom stereocenters. The third-order valence-electron chi connectivity index (χ3n) is 6.70. The molecule has 1 spiro atoms. The quantitative estimate of drug-likeness (QED) is 0.653. The number of carbonyl (C=O) groups excluding carboxylic acids is 1. The topological polar surface area (TPSA) is 67.4 Å². The number of hydrogen-bond donors (Lipinski definition) is 0. The molecule has 0 saturated carbocycles. The highest BCUT2D eigenvalue weighted by Gasteiger charge is 2.55. The molecule has 0 unspecified atom stereocenters. The molecule has 7 nitrogen and oxygen atoms in total. The Hall–Kier alpha value is -2.93. The Balaban J connectivity index is 1.46. The van der Waals surface area contributed by atoms with Crippen LogP contribution in [0.4, 0.5) is 0 Å². The van der Waals surface area contributed by atoms with E-state index < -0.39 is 5.41 Å². The van der Waals surface area contributed by atoms with Crippen molar-refractivity contribution in [3.05, 3.63) is 72.2 Å². The van der Waals surface area contributed by atoms with Crippen molar-refractivity contribution in [3.8, 4) is 0 Å². The van der Waals surface area contributed by atoms with Crippen LogP contribution in [0.15, 0.2) is 59.8 Å². The summed E-state index contributed by atoms with van der Waals surface area (Å²) in [6, 6.07) is 8.06. The monoisotopic (exact) mass is 405 g/mol. The van der Waals surface area contributed by atoms with Gasteiger partial charge in [-0.1, -0.05) is 0 Å². The van der Waals surface area contributed by atoms with Crippen LogP contribution in [0.5, 0.6) is 0 Å². The molecule has 7 heteroatoms. The van der Waals surface area contributed by atoms with E-state index in [2.05, 4.69) is 21.0 Å². The fourth-order valence-corrected chi connectivity index (χ4v) is 5.31. The number of rotatable bonds is 5. The summed E-state index contributed by atoms with van der Waals surface area (Å²) in [7, 11) is 1.98. The van der Waals surface area contributed by atoms with Crippen LogP contribution in [0.2, 0.25) is 0 Å². The van der Waals surface area contributed by atoms with Gasteiger partial charge in [0.05, 0.1) is 17.9 Å². The van der Waals surface area contributed by atoms with E-state index in [0.717, 1.165) is 55.8 Å².